The van der Waals surface area contributed by atoms with Gasteiger partial charge in [-0.1, -0.05) is 37.3 Å². The highest BCUT2D eigenvalue weighted by Gasteiger charge is 2.19. The highest BCUT2D eigenvalue weighted by atomic mass is 16.2. The lowest BCUT2D eigenvalue weighted by Gasteiger charge is -2.28. The van der Waals surface area contributed by atoms with Crippen molar-refractivity contribution < 1.29 is 4.79 Å². The van der Waals surface area contributed by atoms with E-state index in [1.54, 1.807) is 16.9 Å². The number of anilines is 1. The molecular weight excluding hydrogens is 264 g/mol. The zero-order chi connectivity index (χ0) is 15.2. The minimum atomic E-state index is 0.0521. The summed E-state index contributed by atoms with van der Waals surface area (Å²) in [7, 11) is 0. The molecule has 0 radical (unpaired) electrons. The van der Waals surface area contributed by atoms with Crippen LogP contribution in [0.2, 0.25) is 0 Å². The fraction of sp³-hybridized carbons (Fsp3) is 0.375. The number of benzene rings is 1. The van der Waals surface area contributed by atoms with E-state index in [-0.39, 0.29) is 18.5 Å². The van der Waals surface area contributed by atoms with Crippen LogP contribution < -0.4 is 5.73 Å². The van der Waals surface area contributed by atoms with Crippen LogP contribution in [0.5, 0.6) is 0 Å². The van der Waals surface area contributed by atoms with Crippen LogP contribution >= 0.6 is 0 Å². The Balaban J connectivity index is 2.10. The van der Waals surface area contributed by atoms with Gasteiger partial charge < -0.3 is 10.6 Å². The number of amides is 1. The van der Waals surface area contributed by atoms with Gasteiger partial charge in [0.25, 0.3) is 0 Å². The van der Waals surface area contributed by atoms with Crippen molar-refractivity contribution in [3.05, 3.63) is 48.2 Å². The number of carbonyl (C=O) groups is 1. The molecule has 0 fully saturated rings. The first-order chi connectivity index (χ1) is 10.1. The van der Waals surface area contributed by atoms with Gasteiger partial charge in [-0.15, -0.1) is 0 Å². The zero-order valence-electron chi connectivity index (χ0n) is 12.6. The maximum Gasteiger partial charge on any atom is 0.244 e. The molecule has 0 aliphatic heterocycles. The molecule has 0 bridgehead atoms. The summed E-state index contributed by atoms with van der Waals surface area (Å²) in [6.07, 6.45) is 2.64. The molecule has 112 valence electrons. The SMILES string of the molecule is CCC(C)N(Cc1ccccc1)C(=O)Cn1ccc(N)n1. The van der Waals surface area contributed by atoms with Gasteiger partial charge in [0.1, 0.15) is 12.4 Å². The Bertz CT molecular complexity index is 579. The summed E-state index contributed by atoms with van der Waals surface area (Å²) in [6, 6.07) is 11.9. The van der Waals surface area contributed by atoms with Crippen molar-refractivity contribution in [1.29, 1.82) is 0 Å². The molecule has 2 rings (SSSR count). The summed E-state index contributed by atoms with van der Waals surface area (Å²) in [5, 5.41) is 4.07. The van der Waals surface area contributed by atoms with Crippen molar-refractivity contribution in [3.63, 3.8) is 0 Å². The van der Waals surface area contributed by atoms with E-state index < -0.39 is 0 Å². The summed E-state index contributed by atoms with van der Waals surface area (Å²) < 4.78 is 1.58. The summed E-state index contributed by atoms with van der Waals surface area (Å²) in [6.45, 7) is 4.99. The molecule has 0 aliphatic carbocycles. The van der Waals surface area contributed by atoms with Gasteiger partial charge in [-0.3, -0.25) is 9.48 Å². The Kier molecular flexibility index (Phi) is 4.98. The fourth-order valence-corrected chi connectivity index (χ4v) is 2.19. The molecule has 2 N–H and O–H groups in total. The number of nitrogens with zero attached hydrogens (tertiary/aromatic N) is 3. The molecule has 5 nitrogen and oxygen atoms in total. The lowest BCUT2D eigenvalue weighted by molar-refractivity contribution is -0.134. The highest BCUT2D eigenvalue weighted by Crippen LogP contribution is 2.12. The van der Waals surface area contributed by atoms with Gasteiger partial charge in [-0.05, 0) is 25.0 Å². The summed E-state index contributed by atoms with van der Waals surface area (Å²) in [5.74, 6) is 0.484. The van der Waals surface area contributed by atoms with Crippen molar-refractivity contribution in [2.75, 3.05) is 5.73 Å². The predicted molar refractivity (Wildman–Crippen MR) is 83.4 cm³/mol. The second-order valence-electron chi connectivity index (χ2n) is 5.20. The first-order valence-corrected chi connectivity index (χ1v) is 7.22. The molecule has 2 aromatic rings. The highest BCUT2D eigenvalue weighted by molar-refractivity contribution is 5.76. The second-order valence-corrected chi connectivity index (χ2v) is 5.20. The molecule has 1 heterocycles. The quantitative estimate of drug-likeness (QED) is 0.886. The Hall–Kier alpha value is -2.30. The average molecular weight is 286 g/mol. The third kappa shape index (κ3) is 4.08. The average Bonchev–Trinajstić information content (AvgIpc) is 2.90. The van der Waals surface area contributed by atoms with Crippen LogP contribution in [0, 0.1) is 0 Å². The van der Waals surface area contributed by atoms with Crippen LogP contribution in [0.15, 0.2) is 42.6 Å². The summed E-state index contributed by atoms with van der Waals surface area (Å²) in [5.41, 5.74) is 6.71. The molecule has 1 aromatic heterocycles. The van der Waals surface area contributed by atoms with Crippen LogP contribution in [0.4, 0.5) is 5.82 Å². The van der Waals surface area contributed by atoms with E-state index in [2.05, 4.69) is 18.9 Å². The number of hydrogen-bond donors (Lipinski definition) is 1. The van der Waals surface area contributed by atoms with E-state index in [1.165, 1.54) is 0 Å². The van der Waals surface area contributed by atoms with Gasteiger partial charge in [0.2, 0.25) is 5.91 Å². The molecule has 0 saturated carbocycles. The number of rotatable bonds is 6. The van der Waals surface area contributed by atoms with Crippen LogP contribution in [0.25, 0.3) is 0 Å². The molecule has 0 spiro atoms. The van der Waals surface area contributed by atoms with Crippen LogP contribution in [-0.2, 0) is 17.9 Å². The molecule has 1 atom stereocenters. The minimum absolute atomic E-state index is 0.0521. The molecular formula is C16H22N4O. The molecule has 21 heavy (non-hydrogen) atoms. The van der Waals surface area contributed by atoms with Gasteiger partial charge in [-0.2, -0.15) is 5.10 Å². The fourth-order valence-electron chi connectivity index (χ4n) is 2.19. The van der Waals surface area contributed by atoms with Crippen molar-refractivity contribution in [2.45, 2.75) is 39.4 Å². The summed E-state index contributed by atoms with van der Waals surface area (Å²) in [4.78, 5) is 14.4. The van der Waals surface area contributed by atoms with E-state index in [0.717, 1.165) is 12.0 Å². The van der Waals surface area contributed by atoms with Gasteiger partial charge in [0.05, 0.1) is 0 Å². The number of nitrogens with two attached hydrogens (primary N) is 1. The normalized spacial score (nSPS) is 12.1. The van der Waals surface area contributed by atoms with Gasteiger partial charge >= 0.3 is 0 Å². The topological polar surface area (TPSA) is 64.2 Å². The van der Waals surface area contributed by atoms with E-state index in [4.69, 9.17) is 5.73 Å². The third-order valence-corrected chi connectivity index (χ3v) is 3.60. The number of aromatic nitrogens is 2. The smallest absolute Gasteiger partial charge is 0.244 e. The molecule has 1 amide bonds. The monoisotopic (exact) mass is 286 g/mol. The Morgan fingerprint density at radius 3 is 2.62 bits per heavy atom. The Morgan fingerprint density at radius 2 is 2.05 bits per heavy atom. The standard InChI is InChI=1S/C16H22N4O/c1-3-13(2)20(11-14-7-5-4-6-8-14)16(21)12-19-10-9-15(17)18-19/h4-10,13H,3,11-12H2,1-2H3,(H2,17,18). The van der Waals surface area contributed by atoms with Gasteiger partial charge in [0, 0.05) is 18.8 Å². The van der Waals surface area contributed by atoms with Crippen LogP contribution in [-0.4, -0.2) is 26.6 Å². The Morgan fingerprint density at radius 1 is 1.33 bits per heavy atom. The van der Waals surface area contributed by atoms with Gasteiger partial charge in [0.15, 0.2) is 0 Å². The molecule has 0 saturated heterocycles. The van der Waals surface area contributed by atoms with Crippen molar-refractivity contribution in [3.8, 4) is 0 Å². The van der Waals surface area contributed by atoms with Gasteiger partial charge in [-0.25, -0.2) is 0 Å². The lowest BCUT2D eigenvalue weighted by atomic mass is 10.1. The number of carbonyl (C=O) groups excluding carboxylic acids is 1. The van der Waals surface area contributed by atoms with Crippen molar-refractivity contribution in [2.24, 2.45) is 0 Å². The third-order valence-electron chi connectivity index (χ3n) is 3.60. The van der Waals surface area contributed by atoms with E-state index in [1.807, 2.05) is 35.2 Å². The number of hydrogen-bond acceptors (Lipinski definition) is 3. The van der Waals surface area contributed by atoms with Crippen LogP contribution in [0.1, 0.15) is 25.8 Å². The largest absolute Gasteiger partial charge is 0.382 e. The molecule has 1 aromatic carbocycles. The van der Waals surface area contributed by atoms with Crippen molar-refractivity contribution >= 4 is 11.7 Å². The van der Waals surface area contributed by atoms with Crippen molar-refractivity contribution in [1.82, 2.24) is 14.7 Å². The Labute approximate surface area is 125 Å². The van der Waals surface area contributed by atoms with Crippen LogP contribution in [0.3, 0.4) is 0 Å². The van der Waals surface area contributed by atoms with E-state index in [0.29, 0.717) is 12.4 Å². The molecule has 0 aliphatic rings. The predicted octanol–water partition coefficient (Wildman–Crippen LogP) is 2.29. The minimum Gasteiger partial charge on any atom is -0.382 e. The maximum absolute atomic E-state index is 12.6. The first-order valence-electron chi connectivity index (χ1n) is 7.22. The lowest BCUT2D eigenvalue weighted by Crippen LogP contribution is -2.39. The first kappa shape index (κ1) is 15.1. The zero-order valence-corrected chi connectivity index (χ0v) is 12.6. The van der Waals surface area contributed by atoms with E-state index >= 15 is 0 Å². The number of nitrogen functional groups attached to an aromatic ring is 1. The second kappa shape index (κ2) is 6.92. The molecule has 5 heteroatoms. The maximum atomic E-state index is 12.6. The van der Waals surface area contributed by atoms with E-state index in [9.17, 15) is 4.79 Å². The summed E-state index contributed by atoms with van der Waals surface area (Å²) >= 11 is 0. The molecule has 1 unspecified atom stereocenters.